The van der Waals surface area contributed by atoms with Crippen molar-refractivity contribution in [2.24, 2.45) is 17.1 Å². The quantitative estimate of drug-likeness (QED) is 0.387. The molecule has 7 heteroatoms. The first-order chi connectivity index (χ1) is 16.6. The molecule has 0 unspecified atom stereocenters. The average Bonchev–Trinajstić information content (AvgIpc) is 2.83. The highest BCUT2D eigenvalue weighted by atomic mass is 16.4. The summed E-state index contributed by atoms with van der Waals surface area (Å²) in [5.74, 6) is -1.29. The lowest BCUT2D eigenvalue weighted by molar-refractivity contribution is -0.161. The van der Waals surface area contributed by atoms with E-state index >= 15 is 0 Å². The number of hydrogen-bond donors (Lipinski definition) is 2. The van der Waals surface area contributed by atoms with Gasteiger partial charge in [0.05, 0.1) is 12.1 Å². The molecule has 0 aromatic heterocycles. The van der Waals surface area contributed by atoms with E-state index in [1.165, 1.54) is 4.90 Å². The van der Waals surface area contributed by atoms with Gasteiger partial charge in [-0.15, -0.1) is 0 Å². The number of benzene rings is 1. The number of amides is 2. The summed E-state index contributed by atoms with van der Waals surface area (Å²) in [6.45, 7) is 13.6. The highest BCUT2D eigenvalue weighted by Gasteiger charge is 2.53. The molecular formula is C29H47N3O4. The number of nitrogens with two attached hydrogens (primary N) is 1. The average molecular weight is 502 g/mol. The third kappa shape index (κ3) is 7.19. The van der Waals surface area contributed by atoms with Gasteiger partial charge in [0.2, 0.25) is 11.8 Å². The Morgan fingerprint density at radius 2 is 1.61 bits per heavy atom. The summed E-state index contributed by atoms with van der Waals surface area (Å²) < 4.78 is 0. The second-order valence-electron chi connectivity index (χ2n) is 11.0. The molecule has 0 bridgehead atoms. The van der Waals surface area contributed by atoms with Crippen molar-refractivity contribution in [3.05, 3.63) is 47.5 Å². The van der Waals surface area contributed by atoms with Crippen LogP contribution in [0.2, 0.25) is 0 Å². The predicted octanol–water partition coefficient (Wildman–Crippen LogP) is 4.50. The van der Waals surface area contributed by atoms with Crippen LogP contribution in [0.4, 0.5) is 0 Å². The monoisotopic (exact) mass is 501 g/mol. The smallest absolute Gasteiger partial charge is 0.331 e. The van der Waals surface area contributed by atoms with Gasteiger partial charge in [-0.2, -0.15) is 0 Å². The van der Waals surface area contributed by atoms with Gasteiger partial charge in [0.1, 0.15) is 5.54 Å². The third-order valence-corrected chi connectivity index (χ3v) is 7.82. The Balaban J connectivity index is 3.46. The lowest BCUT2D eigenvalue weighted by Gasteiger charge is -2.51. The molecule has 0 radical (unpaired) electrons. The molecule has 0 aliphatic rings. The minimum atomic E-state index is -1.21. The summed E-state index contributed by atoms with van der Waals surface area (Å²) >= 11 is 0. The van der Waals surface area contributed by atoms with Crippen molar-refractivity contribution >= 4 is 17.8 Å². The van der Waals surface area contributed by atoms with Crippen molar-refractivity contribution in [2.75, 3.05) is 14.1 Å². The largest absolute Gasteiger partial charge is 0.478 e. The second kappa shape index (κ2) is 13.0. The molecule has 0 heterocycles. The van der Waals surface area contributed by atoms with E-state index in [0.717, 1.165) is 5.56 Å². The topological polar surface area (TPSA) is 104 Å². The zero-order valence-corrected chi connectivity index (χ0v) is 23.7. The fourth-order valence-electron chi connectivity index (χ4n) is 4.54. The Bertz CT molecular complexity index is 926. The molecule has 0 aliphatic heterocycles. The summed E-state index contributed by atoms with van der Waals surface area (Å²) in [6, 6.07) is 8.36. The number of aliphatic carboxylic acids is 1. The molecule has 36 heavy (non-hydrogen) atoms. The fourth-order valence-corrected chi connectivity index (χ4v) is 4.54. The van der Waals surface area contributed by atoms with Crippen LogP contribution in [0.1, 0.15) is 73.3 Å². The molecule has 202 valence electrons. The SMILES string of the molecule is CC/C(=C\[C@H](CC(C)C)N(C)C(=O)[C@@](C)(N(C)C(=O)[C@@H](N)Cc1ccccc1)C(C)(C)CC)C(=O)O. The summed E-state index contributed by atoms with van der Waals surface area (Å²) in [6.07, 6.45) is 3.66. The van der Waals surface area contributed by atoms with Crippen molar-refractivity contribution in [2.45, 2.75) is 91.8 Å². The first kappa shape index (κ1) is 31.4. The second-order valence-corrected chi connectivity index (χ2v) is 11.0. The molecule has 7 nitrogen and oxygen atoms in total. The van der Waals surface area contributed by atoms with Crippen LogP contribution >= 0.6 is 0 Å². The van der Waals surface area contributed by atoms with Gasteiger partial charge in [0, 0.05) is 19.7 Å². The lowest BCUT2D eigenvalue weighted by Crippen LogP contribution is -2.67. The molecule has 0 saturated carbocycles. The van der Waals surface area contributed by atoms with Gasteiger partial charge in [-0.25, -0.2) is 4.79 Å². The standard InChI is InChI=1S/C29H47N3O4/c1-10-22(26(34)35)19-23(17-20(3)4)31(8)27(36)29(7,28(5,6)11-2)32(9)25(33)24(30)18-21-15-13-12-14-16-21/h12-16,19-20,23-24H,10-11,17-18,30H2,1-9H3,(H,34,35)/b22-19+/t23-,24-,29+/m0/s1. The van der Waals surface area contributed by atoms with E-state index in [1.54, 1.807) is 38.9 Å². The van der Waals surface area contributed by atoms with Crippen LogP contribution in [0.5, 0.6) is 0 Å². The summed E-state index contributed by atoms with van der Waals surface area (Å²) in [7, 11) is 3.35. The van der Waals surface area contributed by atoms with Crippen LogP contribution in [0.3, 0.4) is 0 Å². The van der Waals surface area contributed by atoms with E-state index in [-0.39, 0.29) is 23.3 Å². The van der Waals surface area contributed by atoms with Gasteiger partial charge in [0.15, 0.2) is 0 Å². The Morgan fingerprint density at radius 1 is 1.06 bits per heavy atom. The molecule has 1 aromatic rings. The van der Waals surface area contributed by atoms with E-state index < -0.39 is 29.0 Å². The van der Waals surface area contributed by atoms with Gasteiger partial charge < -0.3 is 20.6 Å². The summed E-state index contributed by atoms with van der Waals surface area (Å²) in [5.41, 5.74) is 5.79. The van der Waals surface area contributed by atoms with E-state index in [0.29, 0.717) is 25.7 Å². The lowest BCUT2D eigenvalue weighted by atomic mass is 9.69. The van der Waals surface area contributed by atoms with Crippen LogP contribution in [0.25, 0.3) is 0 Å². The maximum atomic E-state index is 14.3. The van der Waals surface area contributed by atoms with Crippen molar-refractivity contribution in [3.63, 3.8) is 0 Å². The molecule has 3 atom stereocenters. The molecule has 1 aromatic carbocycles. The first-order valence-corrected chi connectivity index (χ1v) is 12.9. The molecule has 0 spiro atoms. The Kier molecular flexibility index (Phi) is 11.4. The summed E-state index contributed by atoms with van der Waals surface area (Å²) in [4.78, 5) is 42.7. The first-order valence-electron chi connectivity index (χ1n) is 12.9. The molecular weight excluding hydrogens is 454 g/mol. The number of carboxylic acids is 1. The van der Waals surface area contributed by atoms with Gasteiger partial charge in [0.25, 0.3) is 0 Å². The normalized spacial score (nSPS) is 15.7. The van der Waals surface area contributed by atoms with E-state index in [2.05, 4.69) is 0 Å². The van der Waals surface area contributed by atoms with Crippen LogP contribution in [-0.2, 0) is 20.8 Å². The highest BCUT2D eigenvalue weighted by molar-refractivity contribution is 5.94. The number of carbonyl (C=O) groups excluding carboxylic acids is 2. The molecule has 3 N–H and O–H groups in total. The maximum absolute atomic E-state index is 14.3. The maximum Gasteiger partial charge on any atom is 0.331 e. The van der Waals surface area contributed by atoms with Gasteiger partial charge >= 0.3 is 5.97 Å². The van der Waals surface area contributed by atoms with Crippen molar-refractivity contribution in [3.8, 4) is 0 Å². The highest BCUT2D eigenvalue weighted by Crippen LogP contribution is 2.40. The number of rotatable bonds is 13. The zero-order chi connectivity index (χ0) is 27.8. The van der Waals surface area contributed by atoms with Crippen molar-refractivity contribution < 1.29 is 19.5 Å². The van der Waals surface area contributed by atoms with E-state index in [4.69, 9.17) is 5.73 Å². The van der Waals surface area contributed by atoms with E-state index in [1.807, 2.05) is 65.0 Å². The predicted molar refractivity (Wildman–Crippen MR) is 145 cm³/mol. The van der Waals surface area contributed by atoms with Crippen LogP contribution < -0.4 is 5.73 Å². The zero-order valence-electron chi connectivity index (χ0n) is 23.7. The Labute approximate surface area is 217 Å². The van der Waals surface area contributed by atoms with Gasteiger partial charge in [-0.3, -0.25) is 9.59 Å². The number of hydrogen-bond acceptors (Lipinski definition) is 4. The van der Waals surface area contributed by atoms with Crippen LogP contribution in [-0.4, -0.2) is 64.4 Å². The molecule has 2 amide bonds. The number of carbonyl (C=O) groups is 3. The Morgan fingerprint density at radius 3 is 2.06 bits per heavy atom. The van der Waals surface area contributed by atoms with Crippen molar-refractivity contribution in [1.29, 1.82) is 0 Å². The van der Waals surface area contributed by atoms with E-state index in [9.17, 15) is 19.5 Å². The minimum absolute atomic E-state index is 0.234. The van der Waals surface area contributed by atoms with Gasteiger partial charge in [-0.05, 0) is 49.5 Å². The van der Waals surface area contributed by atoms with Crippen LogP contribution in [0, 0.1) is 11.3 Å². The fraction of sp³-hybridized carbons (Fsp3) is 0.621. The number of likely N-dealkylation sites (N-methyl/N-ethyl adjacent to an activating group) is 2. The third-order valence-electron chi connectivity index (χ3n) is 7.82. The molecule has 1 rings (SSSR count). The molecule has 0 saturated heterocycles. The van der Waals surface area contributed by atoms with Crippen molar-refractivity contribution in [1.82, 2.24) is 9.80 Å². The number of carboxylic acid groups (broad SMARTS) is 1. The molecule has 0 fully saturated rings. The minimum Gasteiger partial charge on any atom is -0.478 e. The molecule has 0 aliphatic carbocycles. The van der Waals surface area contributed by atoms with Gasteiger partial charge in [-0.1, -0.05) is 78.0 Å². The number of nitrogens with zero attached hydrogens (tertiary/aromatic N) is 2. The summed E-state index contributed by atoms with van der Waals surface area (Å²) in [5, 5.41) is 9.61. The Hall–Kier alpha value is -2.67. The van der Waals surface area contributed by atoms with Crippen LogP contribution in [0.15, 0.2) is 42.0 Å².